The van der Waals surface area contributed by atoms with Crippen LogP contribution in [-0.2, 0) is 32.2 Å². The van der Waals surface area contributed by atoms with Crippen molar-refractivity contribution in [2.24, 2.45) is 0 Å². The van der Waals surface area contributed by atoms with Gasteiger partial charge in [0.25, 0.3) is 5.56 Å². The van der Waals surface area contributed by atoms with E-state index < -0.39 is 69.3 Å². The summed E-state index contributed by atoms with van der Waals surface area (Å²) in [6, 6.07) is 0. The second-order valence-electron chi connectivity index (χ2n) is 9.80. The Kier molecular flexibility index (Phi) is 8.50. The topological polar surface area (TPSA) is 260 Å². The number of hydrogen-bond acceptors (Lipinski definition) is 15. The zero-order valence-electron chi connectivity index (χ0n) is 22.2. The molecule has 6 rings (SSSR count). The number of fused-ring (bicyclic) bond motifs is 2. The first kappa shape index (κ1) is 31.3. The van der Waals surface area contributed by atoms with E-state index in [1.165, 1.54) is 28.1 Å². The Morgan fingerprint density at radius 1 is 1.00 bits per heavy atom. The number of nitrogens with one attached hydrogen (secondary N) is 1. The molecule has 0 spiro atoms. The zero-order valence-corrected chi connectivity index (χ0v) is 25.8. The second-order valence-corrected chi connectivity index (χ2v) is 15.4. The van der Waals surface area contributed by atoms with Crippen LogP contribution in [0.1, 0.15) is 25.3 Å². The molecule has 4 aromatic rings. The maximum atomic E-state index is 15.0. The second kappa shape index (κ2) is 11.9. The fourth-order valence-electron chi connectivity index (χ4n) is 4.92. The molecule has 6 heterocycles. The lowest BCUT2D eigenvalue weighted by atomic mass is 10.2. The van der Waals surface area contributed by atoms with Crippen molar-refractivity contribution in [1.82, 2.24) is 39.0 Å². The normalized spacial score (nSPS) is 28.5. The minimum Gasteiger partial charge on any atom is -0.382 e. The summed E-state index contributed by atoms with van der Waals surface area (Å²) >= 11 is 7.55. The number of anilines is 2. The van der Waals surface area contributed by atoms with Crippen LogP contribution in [0.4, 0.5) is 16.2 Å². The molecule has 0 aliphatic carbocycles. The monoisotopic (exact) mass is 694 g/mol. The number of hydrogen-bond donors (Lipinski definition) is 6. The van der Waals surface area contributed by atoms with E-state index >= 15 is 0 Å². The van der Waals surface area contributed by atoms with Crippen LogP contribution in [0.2, 0.25) is 0 Å². The summed E-state index contributed by atoms with van der Waals surface area (Å²) in [7, 11) is 0. The first-order valence-electron chi connectivity index (χ1n) is 12.7. The van der Waals surface area contributed by atoms with Gasteiger partial charge in [0.15, 0.2) is 22.6 Å². The van der Waals surface area contributed by atoms with Gasteiger partial charge in [-0.1, -0.05) is 24.5 Å². The van der Waals surface area contributed by atoms with Gasteiger partial charge >= 0.3 is 13.6 Å². The predicted octanol–water partition coefficient (Wildman–Crippen LogP) is 1.52. The minimum atomic E-state index is -4.22. The fraction of sp³-hybridized carbons (Fsp3) is 0.500. The van der Waals surface area contributed by atoms with Gasteiger partial charge in [0.1, 0.15) is 48.8 Å². The number of ether oxygens (including phenoxy) is 2. The highest BCUT2D eigenvalue weighted by atomic mass is 32.7. The third kappa shape index (κ3) is 6.50. The number of imidazole rings is 2. The number of nitrogens with two attached hydrogens (primary N) is 2. The summed E-state index contributed by atoms with van der Waals surface area (Å²) in [6.07, 6.45) is -2.79. The van der Waals surface area contributed by atoms with Crippen LogP contribution >= 0.6 is 38.1 Å². The number of alkyl halides is 1. The SMILES string of the molecule is Nc1nc2c(ncn2[C@H]2C[C@H](F)[C@@H](COP(=O)(S)OC3C[C@H](n4cnc5c(N)ncnc54)O[C@@H]3COP(=O)(O)S)O2)c(=O)[nH]1. The van der Waals surface area contributed by atoms with Crippen molar-refractivity contribution < 1.29 is 41.5 Å². The lowest BCUT2D eigenvalue weighted by Gasteiger charge is -2.23. The van der Waals surface area contributed by atoms with E-state index in [1.54, 1.807) is 0 Å². The summed E-state index contributed by atoms with van der Waals surface area (Å²) in [6.45, 7) is -9.43. The van der Waals surface area contributed by atoms with Gasteiger partial charge in [-0.05, 0) is 0 Å². The van der Waals surface area contributed by atoms with Crippen LogP contribution < -0.4 is 17.0 Å². The number of halogens is 1. The Balaban J connectivity index is 1.13. The van der Waals surface area contributed by atoms with Gasteiger partial charge in [0.2, 0.25) is 5.95 Å². The number of H-pyrrole nitrogens is 1. The molecule has 44 heavy (non-hydrogen) atoms. The number of aromatic nitrogens is 8. The molecule has 2 saturated heterocycles. The zero-order chi connectivity index (χ0) is 31.4. The highest BCUT2D eigenvalue weighted by Crippen LogP contribution is 2.57. The van der Waals surface area contributed by atoms with Crippen molar-refractivity contribution in [3.63, 3.8) is 0 Å². The number of nitrogens with zero attached hydrogens (tertiary/aromatic N) is 7. The van der Waals surface area contributed by atoms with Crippen LogP contribution in [0.3, 0.4) is 0 Å². The molecule has 0 amide bonds. The van der Waals surface area contributed by atoms with Crippen molar-refractivity contribution in [3.8, 4) is 0 Å². The molecule has 0 aromatic carbocycles. The van der Waals surface area contributed by atoms with E-state index in [-0.39, 0.29) is 35.8 Å². The van der Waals surface area contributed by atoms with Crippen LogP contribution in [0, 0.1) is 0 Å². The molecular weight excluding hydrogens is 669 g/mol. The Morgan fingerprint density at radius 2 is 1.66 bits per heavy atom. The molecule has 0 saturated carbocycles. The van der Waals surface area contributed by atoms with Crippen LogP contribution in [0.5, 0.6) is 0 Å². The minimum absolute atomic E-state index is 0.00290. The molecular formula is C20H25FN10O9P2S2. The molecule has 0 bridgehead atoms. The maximum Gasteiger partial charge on any atom is 0.386 e. The van der Waals surface area contributed by atoms with Crippen molar-refractivity contribution in [2.45, 2.75) is 49.8 Å². The highest BCUT2D eigenvalue weighted by Gasteiger charge is 2.44. The van der Waals surface area contributed by atoms with E-state index in [1.807, 2.05) is 0 Å². The van der Waals surface area contributed by atoms with Crippen molar-refractivity contribution in [1.29, 1.82) is 0 Å². The van der Waals surface area contributed by atoms with Gasteiger partial charge in [-0.15, -0.1) is 0 Å². The van der Waals surface area contributed by atoms with Gasteiger partial charge in [0.05, 0.1) is 25.9 Å². The molecule has 24 heteroatoms. The Labute approximate surface area is 256 Å². The largest absolute Gasteiger partial charge is 0.386 e. The summed E-state index contributed by atoms with van der Waals surface area (Å²) in [4.78, 5) is 44.2. The quantitative estimate of drug-likeness (QED) is 0.102. The highest BCUT2D eigenvalue weighted by molar-refractivity contribution is 8.44. The first-order valence-corrected chi connectivity index (χ1v) is 18.2. The van der Waals surface area contributed by atoms with Crippen molar-refractivity contribution in [3.05, 3.63) is 29.3 Å². The molecule has 2 aliphatic rings. The first-order chi connectivity index (χ1) is 20.8. The average Bonchev–Trinajstić information content (AvgIpc) is 3.71. The van der Waals surface area contributed by atoms with Crippen molar-refractivity contribution >= 4 is 72.2 Å². The average molecular weight is 695 g/mol. The third-order valence-electron chi connectivity index (χ3n) is 6.88. The molecule has 8 atom stereocenters. The van der Waals surface area contributed by atoms with Gasteiger partial charge in [-0.2, -0.15) is 4.98 Å². The van der Waals surface area contributed by atoms with Gasteiger partial charge in [0, 0.05) is 12.8 Å². The molecule has 238 valence electrons. The smallest absolute Gasteiger partial charge is 0.382 e. The molecule has 2 fully saturated rings. The van der Waals surface area contributed by atoms with Crippen LogP contribution in [0.25, 0.3) is 22.3 Å². The van der Waals surface area contributed by atoms with E-state index in [0.717, 1.165) is 0 Å². The number of thiol groups is 2. The van der Waals surface area contributed by atoms with Gasteiger partial charge < -0.3 is 25.8 Å². The summed E-state index contributed by atoms with van der Waals surface area (Å²) < 4.78 is 70.5. The molecule has 6 N–H and O–H groups in total. The summed E-state index contributed by atoms with van der Waals surface area (Å²) in [5, 5.41) is 0. The van der Waals surface area contributed by atoms with Crippen molar-refractivity contribution in [2.75, 3.05) is 24.7 Å². The number of aromatic amines is 1. The predicted molar refractivity (Wildman–Crippen MR) is 156 cm³/mol. The number of nitrogen functional groups attached to an aromatic ring is 2. The Hall–Kier alpha value is -2.65. The van der Waals surface area contributed by atoms with Crippen LogP contribution in [-0.4, -0.2) is 81.6 Å². The molecule has 19 nitrogen and oxygen atoms in total. The van der Waals surface area contributed by atoms with Crippen LogP contribution in [0.15, 0.2) is 23.8 Å². The Bertz CT molecular complexity index is 1860. The maximum absolute atomic E-state index is 15.0. The molecule has 0 radical (unpaired) electrons. The summed E-state index contributed by atoms with van der Waals surface area (Å²) in [5.74, 6) is -0.00877. The lowest BCUT2D eigenvalue weighted by Crippen LogP contribution is -2.28. The molecule has 2 aliphatic heterocycles. The molecule has 4 aromatic heterocycles. The Morgan fingerprint density at radius 3 is 2.41 bits per heavy atom. The third-order valence-corrected chi connectivity index (χ3v) is 9.35. The summed E-state index contributed by atoms with van der Waals surface area (Å²) in [5.41, 5.74) is 11.7. The van der Waals surface area contributed by atoms with E-state index in [2.05, 4.69) is 54.4 Å². The standard InChI is InChI=1S/C20H25FN10O9P2S2/c21-8-1-12(31-7-27-15-18(31)28-20(23)29-19(15)32)38-10(8)3-37-42(35,44)40-9-2-13(39-11(9)4-36-41(33,34)43)30-6-26-14-16(22)24-5-25-17(14)30/h5-13H,1-4H2,(H,35,44)(H2,22,24,25)(H2,33,34,43)(H3,23,28,29,32)/t8-,9?,10+,11+,12+,13+,42?/m0/s1. The van der Waals surface area contributed by atoms with E-state index in [4.69, 9.17) is 34.5 Å². The van der Waals surface area contributed by atoms with E-state index in [0.29, 0.717) is 11.2 Å². The van der Waals surface area contributed by atoms with Gasteiger partial charge in [-0.3, -0.25) is 32.5 Å². The number of rotatable bonds is 10. The van der Waals surface area contributed by atoms with E-state index in [9.17, 15) is 23.2 Å². The lowest BCUT2D eigenvalue weighted by molar-refractivity contribution is -0.0415. The fourth-order valence-corrected chi connectivity index (χ4v) is 6.98. The van der Waals surface area contributed by atoms with Gasteiger partial charge in [-0.25, -0.2) is 33.5 Å². The molecule has 3 unspecified atom stereocenters.